The largest absolute Gasteiger partial charge is 0.496 e. The van der Waals surface area contributed by atoms with E-state index in [1.54, 1.807) is 7.11 Å². The highest BCUT2D eigenvalue weighted by Gasteiger charge is 2.43. The number of ether oxygens (including phenoxy) is 1. The Morgan fingerprint density at radius 1 is 1.50 bits per heavy atom. The summed E-state index contributed by atoms with van der Waals surface area (Å²) >= 11 is 5.68. The quantitative estimate of drug-likeness (QED) is 0.805. The first kappa shape index (κ1) is 17.0. The molecule has 1 aromatic rings. The fourth-order valence-corrected chi connectivity index (χ4v) is 4.09. The van der Waals surface area contributed by atoms with Crippen molar-refractivity contribution in [1.82, 2.24) is 4.90 Å². The van der Waals surface area contributed by atoms with Gasteiger partial charge in [-0.15, -0.1) is 11.8 Å². The summed E-state index contributed by atoms with van der Waals surface area (Å²) in [5.74, 6) is -0.159. The van der Waals surface area contributed by atoms with Crippen molar-refractivity contribution in [2.24, 2.45) is 0 Å². The van der Waals surface area contributed by atoms with Gasteiger partial charge in [0.05, 0.1) is 7.11 Å². The molecule has 7 heteroatoms. The number of para-hydroxylation sites is 1. The lowest BCUT2D eigenvalue weighted by Gasteiger charge is -2.29. The Hall–Kier alpha value is -1.34. The van der Waals surface area contributed by atoms with Gasteiger partial charge in [-0.2, -0.15) is 12.6 Å². The molecular formula is C15H19NO4S2. The molecule has 0 aliphatic carbocycles. The number of methoxy groups -OCH3 is 1. The lowest BCUT2D eigenvalue weighted by molar-refractivity contribution is -0.149. The molecule has 1 aromatic carbocycles. The summed E-state index contributed by atoms with van der Waals surface area (Å²) in [4.78, 5) is 25.4. The summed E-state index contributed by atoms with van der Waals surface area (Å²) in [6.45, 7) is 1.82. The number of nitrogens with zero attached hydrogens (tertiary/aromatic N) is 1. The van der Waals surface area contributed by atoms with E-state index in [2.05, 4.69) is 12.6 Å². The highest BCUT2D eigenvalue weighted by Crippen LogP contribution is 2.45. The van der Waals surface area contributed by atoms with Crippen molar-refractivity contribution in [2.45, 2.75) is 30.0 Å². The molecule has 1 aliphatic rings. The Balaban J connectivity index is 2.36. The molecule has 1 amide bonds. The van der Waals surface area contributed by atoms with Gasteiger partial charge >= 0.3 is 5.97 Å². The zero-order valence-electron chi connectivity index (χ0n) is 12.4. The van der Waals surface area contributed by atoms with Crippen LogP contribution in [0.1, 0.15) is 24.3 Å². The molecule has 5 nitrogen and oxygen atoms in total. The van der Waals surface area contributed by atoms with Crippen molar-refractivity contribution >= 4 is 36.3 Å². The van der Waals surface area contributed by atoms with Gasteiger partial charge in [0.1, 0.15) is 17.2 Å². The minimum Gasteiger partial charge on any atom is -0.496 e. The molecular weight excluding hydrogens is 322 g/mol. The summed E-state index contributed by atoms with van der Waals surface area (Å²) in [5, 5.41) is 8.93. The summed E-state index contributed by atoms with van der Waals surface area (Å²) in [5.41, 5.74) is 0.818. The van der Waals surface area contributed by atoms with E-state index < -0.39 is 12.0 Å². The van der Waals surface area contributed by atoms with Gasteiger partial charge in [-0.05, 0) is 6.07 Å². The summed E-state index contributed by atoms with van der Waals surface area (Å²) in [6.07, 6.45) is 0.207. The average molecular weight is 341 g/mol. The summed E-state index contributed by atoms with van der Waals surface area (Å²) in [7, 11) is 1.56. The van der Waals surface area contributed by atoms with E-state index >= 15 is 0 Å². The third kappa shape index (κ3) is 3.52. The van der Waals surface area contributed by atoms with Crippen LogP contribution < -0.4 is 4.74 Å². The molecule has 2 unspecified atom stereocenters. The molecule has 120 valence electrons. The third-order valence-electron chi connectivity index (χ3n) is 3.45. The number of thiol groups is 1. The van der Waals surface area contributed by atoms with Gasteiger partial charge in [0, 0.05) is 23.0 Å². The van der Waals surface area contributed by atoms with Crippen molar-refractivity contribution in [3.8, 4) is 5.75 Å². The van der Waals surface area contributed by atoms with Crippen LogP contribution in [-0.2, 0) is 9.59 Å². The number of benzene rings is 1. The van der Waals surface area contributed by atoms with Crippen molar-refractivity contribution in [3.05, 3.63) is 29.8 Å². The molecule has 0 aromatic heterocycles. The van der Waals surface area contributed by atoms with Crippen LogP contribution in [0.15, 0.2) is 24.3 Å². The van der Waals surface area contributed by atoms with Crippen LogP contribution in [0, 0.1) is 0 Å². The molecule has 1 N–H and O–H groups in total. The highest BCUT2D eigenvalue weighted by molar-refractivity contribution is 7.99. The number of amides is 1. The predicted molar refractivity (Wildman–Crippen MR) is 89.5 cm³/mol. The lowest BCUT2D eigenvalue weighted by Crippen LogP contribution is -2.43. The van der Waals surface area contributed by atoms with Gasteiger partial charge in [0.15, 0.2) is 0 Å². The number of hydrogen-bond donors (Lipinski definition) is 2. The summed E-state index contributed by atoms with van der Waals surface area (Å²) in [6, 6.07) is 6.56. The van der Waals surface area contributed by atoms with Crippen LogP contribution in [0.2, 0.25) is 0 Å². The van der Waals surface area contributed by atoms with Gasteiger partial charge in [-0.25, -0.2) is 4.79 Å². The second kappa shape index (κ2) is 7.28. The maximum Gasteiger partial charge on any atom is 0.327 e. The Kier molecular flexibility index (Phi) is 5.63. The molecule has 0 bridgehead atoms. The topological polar surface area (TPSA) is 66.8 Å². The van der Waals surface area contributed by atoms with Crippen molar-refractivity contribution in [1.29, 1.82) is 0 Å². The fraction of sp³-hybridized carbons (Fsp3) is 0.467. The lowest BCUT2D eigenvalue weighted by atomic mass is 10.1. The van der Waals surface area contributed by atoms with Crippen LogP contribution in [0.5, 0.6) is 5.75 Å². The number of carbonyl (C=O) groups excluding carboxylic acids is 1. The molecule has 1 aliphatic heterocycles. The Morgan fingerprint density at radius 3 is 2.77 bits per heavy atom. The molecule has 1 saturated heterocycles. The number of rotatable bonds is 5. The second-order valence-corrected chi connectivity index (χ2v) is 7.13. The Labute approximate surface area is 139 Å². The molecule has 1 heterocycles. The molecule has 1 fully saturated rings. The first-order valence-electron chi connectivity index (χ1n) is 6.92. The minimum absolute atomic E-state index is 0.120. The van der Waals surface area contributed by atoms with Gasteiger partial charge in [0.2, 0.25) is 5.91 Å². The maximum absolute atomic E-state index is 12.5. The highest BCUT2D eigenvalue weighted by atomic mass is 32.2. The molecule has 0 spiro atoms. The van der Waals surface area contributed by atoms with Gasteiger partial charge in [-0.1, -0.05) is 25.1 Å². The van der Waals surface area contributed by atoms with E-state index in [4.69, 9.17) is 4.74 Å². The first-order chi connectivity index (χ1) is 10.5. The van der Waals surface area contributed by atoms with E-state index in [9.17, 15) is 14.7 Å². The monoisotopic (exact) mass is 341 g/mol. The first-order valence-corrected chi connectivity index (χ1v) is 8.48. The number of carboxylic acids is 1. The standard InChI is InChI=1S/C15H19NO4S2/c1-9(21)7-13(17)16-11(15(18)19)8-22-14(16)10-5-3-4-6-12(10)20-2/h3-6,9,11,14,21H,7-8H2,1-2H3,(H,18,19)/t9?,11-,14?/m0/s1. The minimum atomic E-state index is -0.981. The number of aliphatic carboxylic acids is 1. The van der Waals surface area contributed by atoms with Crippen molar-refractivity contribution < 1.29 is 19.4 Å². The van der Waals surface area contributed by atoms with Crippen molar-refractivity contribution in [3.63, 3.8) is 0 Å². The Morgan fingerprint density at radius 2 is 2.18 bits per heavy atom. The molecule has 0 radical (unpaired) electrons. The van der Waals surface area contributed by atoms with Gasteiger partial charge in [-0.3, -0.25) is 4.79 Å². The maximum atomic E-state index is 12.5. The summed E-state index contributed by atoms with van der Waals surface area (Å²) < 4.78 is 5.35. The average Bonchev–Trinajstić information content (AvgIpc) is 2.91. The number of carboxylic acid groups (broad SMARTS) is 1. The number of thioether (sulfide) groups is 1. The van der Waals surface area contributed by atoms with Crippen molar-refractivity contribution in [2.75, 3.05) is 12.9 Å². The van der Waals surface area contributed by atoms with E-state index in [1.807, 2.05) is 31.2 Å². The SMILES string of the molecule is COc1ccccc1C1SC[C@@H](C(=O)O)N1C(=O)CC(C)S. The smallest absolute Gasteiger partial charge is 0.327 e. The molecule has 0 saturated carbocycles. The van der Waals surface area contributed by atoms with Crippen LogP contribution in [-0.4, -0.2) is 46.0 Å². The fourth-order valence-electron chi connectivity index (χ4n) is 2.47. The molecule has 22 heavy (non-hydrogen) atoms. The van der Waals surface area contributed by atoms with Gasteiger partial charge in [0.25, 0.3) is 0 Å². The normalized spacial score (nSPS) is 22.4. The Bertz CT molecular complexity index is 564. The van der Waals surface area contributed by atoms with Crippen LogP contribution in [0.3, 0.4) is 0 Å². The molecule has 2 rings (SSSR count). The second-order valence-electron chi connectivity index (χ2n) is 5.14. The van der Waals surface area contributed by atoms with E-state index in [0.29, 0.717) is 11.5 Å². The van der Waals surface area contributed by atoms with Crippen LogP contribution >= 0.6 is 24.4 Å². The zero-order chi connectivity index (χ0) is 16.3. The predicted octanol–water partition coefficient (Wildman–Crippen LogP) is 2.43. The number of carbonyl (C=O) groups is 2. The van der Waals surface area contributed by atoms with E-state index in [-0.39, 0.29) is 23.0 Å². The zero-order valence-corrected chi connectivity index (χ0v) is 14.1. The van der Waals surface area contributed by atoms with Crippen LogP contribution in [0.25, 0.3) is 0 Å². The van der Waals surface area contributed by atoms with Crippen LogP contribution in [0.4, 0.5) is 0 Å². The van der Waals surface area contributed by atoms with E-state index in [1.165, 1.54) is 16.7 Å². The van der Waals surface area contributed by atoms with E-state index in [0.717, 1.165) is 5.56 Å². The van der Waals surface area contributed by atoms with Gasteiger partial charge < -0.3 is 14.7 Å². The number of hydrogen-bond acceptors (Lipinski definition) is 5. The molecule has 3 atom stereocenters. The third-order valence-corrected chi connectivity index (χ3v) is 4.94.